The molecule has 1 aliphatic heterocycles. The van der Waals surface area contributed by atoms with Gasteiger partial charge in [-0.3, -0.25) is 5.43 Å². The summed E-state index contributed by atoms with van der Waals surface area (Å²) in [7, 11) is 1.28. The molecule has 0 radical (unpaired) electrons. The number of amides is 2. The van der Waals surface area contributed by atoms with Crippen LogP contribution in [0.5, 0.6) is 11.5 Å². The molecule has 0 fully saturated rings. The number of methoxy groups -OCH3 is 1. The fourth-order valence-electron chi connectivity index (χ4n) is 6.01. The third kappa shape index (κ3) is 7.96. The van der Waals surface area contributed by atoms with Crippen molar-refractivity contribution in [1.29, 1.82) is 0 Å². The molecular formula is C40H38ClN5O6. The number of carbonyl (C=O) groups is 2. The van der Waals surface area contributed by atoms with E-state index in [2.05, 4.69) is 43.9 Å². The lowest BCUT2D eigenvalue weighted by molar-refractivity contribution is -0.136. The lowest BCUT2D eigenvalue weighted by Gasteiger charge is -2.28. The molecule has 1 aromatic heterocycles. The van der Waals surface area contributed by atoms with E-state index < -0.39 is 24.3 Å². The van der Waals surface area contributed by atoms with Crippen molar-refractivity contribution >= 4 is 29.8 Å². The first-order valence-corrected chi connectivity index (χ1v) is 17.0. The van der Waals surface area contributed by atoms with Crippen molar-refractivity contribution in [3.63, 3.8) is 0 Å². The predicted molar refractivity (Wildman–Crippen MR) is 201 cm³/mol. The molecule has 11 nitrogen and oxygen atoms in total. The van der Waals surface area contributed by atoms with Gasteiger partial charge in [0, 0.05) is 22.0 Å². The van der Waals surface area contributed by atoms with Crippen LogP contribution in [0.3, 0.4) is 0 Å². The zero-order valence-corrected chi connectivity index (χ0v) is 29.6. The molecule has 6 rings (SSSR count). The molecule has 0 saturated heterocycles. The van der Waals surface area contributed by atoms with Gasteiger partial charge in [0.2, 0.25) is 0 Å². The average Bonchev–Trinajstić information content (AvgIpc) is 3.54. The van der Waals surface area contributed by atoms with E-state index in [1.165, 1.54) is 7.11 Å². The Kier molecular flexibility index (Phi) is 11.2. The molecule has 4 N–H and O–H groups in total. The minimum absolute atomic E-state index is 0.167. The van der Waals surface area contributed by atoms with Crippen molar-refractivity contribution < 1.29 is 28.9 Å². The number of aliphatic hydroxyl groups excluding tert-OH is 1. The first-order valence-electron chi connectivity index (χ1n) is 16.6. The Hall–Kier alpha value is -6.04. The van der Waals surface area contributed by atoms with Gasteiger partial charge in [0.15, 0.2) is 17.7 Å². The number of ether oxygens (including phenoxy) is 3. The van der Waals surface area contributed by atoms with Gasteiger partial charge in [-0.15, -0.1) is 0 Å². The molecule has 12 heteroatoms. The van der Waals surface area contributed by atoms with Gasteiger partial charge < -0.3 is 34.5 Å². The summed E-state index contributed by atoms with van der Waals surface area (Å²) in [4.78, 5) is 24.8. The standard InChI is InChI=1S/C40H38ClN5O6/c1-4-51-34-22-28(37-36(39(48)50-3)25(2)43-40(49)44-37)15-20-33(34)52-24-35(47)45-42-23-29-21-32(26-11-7-5-8-12-26)46(31-18-16-30(41)17-19-31)38(29)27-13-9-6-10-14-27/h5-23,35,37,45,47H,4,24H2,1-3H3,(H2,43,44,49)/b42-23+/t35-,37+/m0/s1. The molecule has 0 spiro atoms. The Bertz CT molecular complexity index is 2100. The van der Waals surface area contributed by atoms with E-state index in [4.69, 9.17) is 25.8 Å². The van der Waals surface area contributed by atoms with Crippen LogP contribution in [0.25, 0.3) is 28.2 Å². The minimum Gasteiger partial charge on any atom is -0.490 e. The Morgan fingerprint density at radius 2 is 1.65 bits per heavy atom. The van der Waals surface area contributed by atoms with Crippen LogP contribution >= 0.6 is 11.6 Å². The highest BCUT2D eigenvalue weighted by molar-refractivity contribution is 6.30. The number of rotatable bonds is 13. The highest BCUT2D eigenvalue weighted by Gasteiger charge is 2.32. The molecular weight excluding hydrogens is 682 g/mol. The van der Waals surface area contributed by atoms with Crippen molar-refractivity contribution in [2.24, 2.45) is 5.10 Å². The van der Waals surface area contributed by atoms with Crippen molar-refractivity contribution in [3.05, 3.63) is 137 Å². The maximum atomic E-state index is 12.6. The second kappa shape index (κ2) is 16.3. The summed E-state index contributed by atoms with van der Waals surface area (Å²) in [5.74, 6) is 0.154. The number of hydrazone groups is 1. The van der Waals surface area contributed by atoms with Crippen LogP contribution in [-0.2, 0) is 9.53 Å². The first kappa shape index (κ1) is 35.8. The molecule has 266 valence electrons. The predicted octanol–water partition coefficient (Wildman–Crippen LogP) is 6.99. The van der Waals surface area contributed by atoms with E-state index >= 15 is 0 Å². The Balaban J connectivity index is 1.24. The summed E-state index contributed by atoms with van der Waals surface area (Å²) in [6.45, 7) is 3.62. The Labute approximate surface area is 306 Å². The zero-order valence-electron chi connectivity index (χ0n) is 28.8. The fraction of sp³-hybridized carbons (Fsp3) is 0.175. The van der Waals surface area contributed by atoms with Gasteiger partial charge in [0.1, 0.15) is 6.61 Å². The van der Waals surface area contributed by atoms with Gasteiger partial charge in [-0.25, -0.2) is 9.59 Å². The molecule has 2 amide bonds. The molecule has 4 aromatic carbocycles. The van der Waals surface area contributed by atoms with Gasteiger partial charge in [0.05, 0.1) is 42.9 Å². The highest BCUT2D eigenvalue weighted by Crippen LogP contribution is 2.37. The summed E-state index contributed by atoms with van der Waals surface area (Å²) in [5, 5.41) is 21.3. The van der Waals surface area contributed by atoms with Crippen LogP contribution in [-0.4, -0.2) is 54.4 Å². The smallest absolute Gasteiger partial charge is 0.337 e. The second-order valence-corrected chi connectivity index (χ2v) is 12.2. The van der Waals surface area contributed by atoms with Crippen molar-refractivity contribution in [1.82, 2.24) is 20.6 Å². The summed E-state index contributed by atoms with van der Waals surface area (Å²) in [5.41, 5.74) is 9.60. The number of allylic oxidation sites excluding steroid dienone is 1. The van der Waals surface area contributed by atoms with E-state index in [0.29, 0.717) is 34.4 Å². The number of aromatic nitrogens is 1. The number of halogens is 1. The second-order valence-electron chi connectivity index (χ2n) is 11.8. The van der Waals surface area contributed by atoms with Crippen LogP contribution in [0.15, 0.2) is 126 Å². The van der Waals surface area contributed by atoms with E-state index in [9.17, 15) is 14.7 Å². The summed E-state index contributed by atoms with van der Waals surface area (Å²) in [6, 6.07) is 33.7. The molecule has 0 aliphatic carbocycles. The number of hydrogen-bond donors (Lipinski definition) is 4. The van der Waals surface area contributed by atoms with Crippen LogP contribution in [0, 0.1) is 0 Å². The number of urea groups is 1. The zero-order chi connectivity index (χ0) is 36.6. The third-order valence-corrected chi connectivity index (χ3v) is 8.58. The average molecular weight is 720 g/mol. The molecule has 52 heavy (non-hydrogen) atoms. The summed E-state index contributed by atoms with van der Waals surface area (Å²) >= 11 is 6.26. The highest BCUT2D eigenvalue weighted by atomic mass is 35.5. The number of nitrogens with zero attached hydrogens (tertiary/aromatic N) is 2. The first-order chi connectivity index (χ1) is 25.3. The largest absolute Gasteiger partial charge is 0.490 e. The topological polar surface area (TPSA) is 135 Å². The van der Waals surface area contributed by atoms with E-state index in [-0.39, 0.29) is 12.2 Å². The van der Waals surface area contributed by atoms with Crippen LogP contribution < -0.4 is 25.5 Å². The number of benzene rings is 4. The molecule has 0 bridgehead atoms. The van der Waals surface area contributed by atoms with E-state index in [1.54, 1.807) is 31.3 Å². The maximum Gasteiger partial charge on any atom is 0.337 e. The molecule has 2 heterocycles. The maximum absolute atomic E-state index is 12.6. The lowest BCUT2D eigenvalue weighted by atomic mass is 9.95. The van der Waals surface area contributed by atoms with Gasteiger partial charge >= 0.3 is 12.0 Å². The van der Waals surface area contributed by atoms with Gasteiger partial charge in [-0.05, 0) is 73.0 Å². The van der Waals surface area contributed by atoms with Crippen molar-refractivity contribution in [3.8, 4) is 39.7 Å². The number of esters is 1. The van der Waals surface area contributed by atoms with Crippen LogP contribution in [0.1, 0.15) is 31.0 Å². The summed E-state index contributed by atoms with van der Waals surface area (Å²) < 4.78 is 18.9. The third-order valence-electron chi connectivity index (χ3n) is 8.33. The molecule has 0 unspecified atom stereocenters. The van der Waals surface area contributed by atoms with Crippen molar-refractivity contribution in [2.45, 2.75) is 26.1 Å². The molecule has 0 saturated carbocycles. The number of nitrogens with one attached hydrogen (secondary N) is 3. The Morgan fingerprint density at radius 3 is 2.33 bits per heavy atom. The molecule has 1 aliphatic rings. The van der Waals surface area contributed by atoms with E-state index in [1.807, 2.05) is 79.7 Å². The van der Waals surface area contributed by atoms with Gasteiger partial charge in [0.25, 0.3) is 0 Å². The van der Waals surface area contributed by atoms with Gasteiger partial charge in [-0.1, -0.05) is 78.3 Å². The fourth-order valence-corrected chi connectivity index (χ4v) is 6.14. The Morgan fingerprint density at radius 1 is 0.962 bits per heavy atom. The number of aliphatic hydroxyl groups is 1. The SMILES string of the molecule is CCOc1cc([C@H]2NC(=O)NC(C)=C2C(=O)OC)ccc1OC[C@H](O)N/N=C/c1cc(-c2ccccc2)n(-c2ccc(Cl)cc2)c1-c1ccccc1. The lowest BCUT2D eigenvalue weighted by Crippen LogP contribution is -2.45. The minimum atomic E-state index is -1.18. The van der Waals surface area contributed by atoms with Crippen LogP contribution in [0.2, 0.25) is 5.02 Å². The monoisotopic (exact) mass is 719 g/mol. The van der Waals surface area contributed by atoms with E-state index in [0.717, 1.165) is 33.8 Å². The normalized spacial score (nSPS) is 14.8. The summed E-state index contributed by atoms with van der Waals surface area (Å²) in [6.07, 6.45) is 0.491. The quantitative estimate of drug-likeness (QED) is 0.0446. The molecule has 2 atom stereocenters. The number of hydrogen-bond acceptors (Lipinski definition) is 8. The van der Waals surface area contributed by atoms with Gasteiger partial charge in [-0.2, -0.15) is 5.10 Å². The number of carbonyl (C=O) groups excluding carboxylic acids is 2. The van der Waals surface area contributed by atoms with Crippen molar-refractivity contribution in [2.75, 3.05) is 20.3 Å². The van der Waals surface area contributed by atoms with Crippen LogP contribution in [0.4, 0.5) is 4.79 Å². The molecule has 5 aromatic rings.